The fourth-order valence-corrected chi connectivity index (χ4v) is 3.77. The molecule has 0 saturated heterocycles. The second-order valence-electron chi connectivity index (χ2n) is 7.54. The number of ether oxygens (including phenoxy) is 1. The van der Waals surface area contributed by atoms with Crippen molar-refractivity contribution in [3.8, 4) is 0 Å². The monoisotopic (exact) mass is 413 g/mol. The molecule has 156 valence electrons. The van der Waals surface area contributed by atoms with Crippen LogP contribution in [0.2, 0.25) is 0 Å². The van der Waals surface area contributed by atoms with Gasteiger partial charge in [-0.05, 0) is 56.2 Å². The first-order valence-electron chi connectivity index (χ1n) is 9.81. The second kappa shape index (κ2) is 7.99. The molecule has 4 rings (SSSR count). The summed E-state index contributed by atoms with van der Waals surface area (Å²) in [6.45, 7) is 4.61. The minimum absolute atomic E-state index is 0.0572. The van der Waals surface area contributed by atoms with E-state index in [0.29, 0.717) is 25.1 Å². The quantitative estimate of drug-likeness (QED) is 0.561. The molecule has 30 heavy (non-hydrogen) atoms. The van der Waals surface area contributed by atoms with Crippen LogP contribution in [0.1, 0.15) is 48.0 Å². The summed E-state index contributed by atoms with van der Waals surface area (Å²) < 4.78 is 38.5. The Bertz CT molecular complexity index is 1150. The largest absolute Gasteiger partial charge is 0.450 e. The molecule has 1 amide bonds. The Hall–Kier alpha value is -3.06. The van der Waals surface area contributed by atoms with Gasteiger partial charge < -0.3 is 14.1 Å². The molecule has 1 aliphatic rings. The van der Waals surface area contributed by atoms with Gasteiger partial charge in [-0.25, -0.2) is 8.78 Å². The minimum atomic E-state index is -0.740. The summed E-state index contributed by atoms with van der Waals surface area (Å²) in [5.74, 6) is -1.47. The van der Waals surface area contributed by atoms with Crippen molar-refractivity contribution in [1.29, 1.82) is 0 Å². The molecule has 0 aliphatic carbocycles. The van der Waals surface area contributed by atoms with E-state index in [-0.39, 0.29) is 28.4 Å². The second-order valence-corrected chi connectivity index (χ2v) is 7.54. The van der Waals surface area contributed by atoms with E-state index < -0.39 is 29.0 Å². The lowest BCUT2D eigenvalue weighted by molar-refractivity contribution is 0.0593. The number of carbonyl (C=O) groups excluding carboxylic acids is 1. The number of hydrogen-bond acceptors (Lipinski definition) is 4. The average molecular weight is 413 g/mol. The third-order valence-electron chi connectivity index (χ3n) is 5.11. The van der Waals surface area contributed by atoms with E-state index in [1.807, 2.05) is 13.8 Å². The summed E-state index contributed by atoms with van der Waals surface area (Å²) in [4.78, 5) is 27.9. The van der Waals surface area contributed by atoms with Crippen molar-refractivity contribution >= 4 is 16.9 Å². The van der Waals surface area contributed by atoms with E-state index in [9.17, 15) is 18.4 Å². The number of rotatable bonds is 6. The van der Waals surface area contributed by atoms with E-state index in [0.717, 1.165) is 6.07 Å². The van der Waals surface area contributed by atoms with Gasteiger partial charge in [-0.2, -0.15) is 0 Å². The normalized spacial score (nSPS) is 16.0. The third-order valence-corrected chi connectivity index (χ3v) is 5.11. The standard InChI is InChI=1S/C23H21F2NO4/c1-13(2)29-11-3-10-26-20(14-4-6-15(24)7-5-14)19-21(27)17-12-16(25)8-9-18(17)30-22(19)23(26)28/h4-9,12-13,20H,3,10-11H2,1-2H3/t20-/m1/s1. The average Bonchev–Trinajstić information content (AvgIpc) is 2.99. The summed E-state index contributed by atoms with van der Waals surface area (Å²) in [6, 6.07) is 8.51. The summed E-state index contributed by atoms with van der Waals surface area (Å²) in [5.41, 5.74) is 0.413. The first-order valence-corrected chi connectivity index (χ1v) is 9.81. The zero-order valence-corrected chi connectivity index (χ0v) is 16.7. The Kier molecular flexibility index (Phi) is 5.39. The molecule has 2 heterocycles. The van der Waals surface area contributed by atoms with Crippen molar-refractivity contribution in [3.05, 3.63) is 81.2 Å². The van der Waals surface area contributed by atoms with Crippen LogP contribution in [0.4, 0.5) is 8.78 Å². The molecule has 0 saturated carbocycles. The zero-order valence-electron chi connectivity index (χ0n) is 16.7. The maximum absolute atomic E-state index is 13.7. The van der Waals surface area contributed by atoms with Crippen molar-refractivity contribution in [2.24, 2.45) is 0 Å². The zero-order chi connectivity index (χ0) is 21.4. The Morgan fingerprint density at radius 3 is 2.47 bits per heavy atom. The molecule has 1 atom stereocenters. The Balaban J connectivity index is 1.81. The summed E-state index contributed by atoms with van der Waals surface area (Å²) in [7, 11) is 0. The van der Waals surface area contributed by atoms with Crippen molar-refractivity contribution < 1.29 is 22.7 Å². The van der Waals surface area contributed by atoms with E-state index in [1.54, 1.807) is 0 Å². The van der Waals surface area contributed by atoms with Crippen molar-refractivity contribution in [3.63, 3.8) is 0 Å². The van der Waals surface area contributed by atoms with Crippen molar-refractivity contribution in [2.45, 2.75) is 32.4 Å². The molecule has 3 aromatic rings. The lowest BCUT2D eigenvalue weighted by Gasteiger charge is -2.25. The van der Waals surface area contributed by atoms with Gasteiger partial charge in [-0.15, -0.1) is 0 Å². The lowest BCUT2D eigenvalue weighted by Crippen LogP contribution is -2.31. The summed E-state index contributed by atoms with van der Waals surface area (Å²) >= 11 is 0. The van der Waals surface area contributed by atoms with E-state index >= 15 is 0 Å². The Morgan fingerprint density at radius 2 is 1.77 bits per heavy atom. The predicted molar refractivity (Wildman–Crippen MR) is 107 cm³/mol. The highest BCUT2D eigenvalue weighted by Gasteiger charge is 2.42. The van der Waals surface area contributed by atoms with Gasteiger partial charge >= 0.3 is 0 Å². The molecule has 7 heteroatoms. The van der Waals surface area contributed by atoms with Crippen LogP contribution in [0, 0.1) is 11.6 Å². The smallest absolute Gasteiger partial charge is 0.290 e. The molecule has 5 nitrogen and oxygen atoms in total. The number of nitrogens with zero attached hydrogens (tertiary/aromatic N) is 1. The maximum atomic E-state index is 13.7. The van der Waals surface area contributed by atoms with Crippen LogP contribution in [0.5, 0.6) is 0 Å². The van der Waals surface area contributed by atoms with E-state index in [4.69, 9.17) is 9.15 Å². The highest BCUT2D eigenvalue weighted by molar-refractivity contribution is 5.99. The first-order chi connectivity index (χ1) is 14.4. The number of fused-ring (bicyclic) bond motifs is 2. The number of carbonyl (C=O) groups is 1. The van der Waals surface area contributed by atoms with Crippen LogP contribution in [0.15, 0.2) is 51.7 Å². The fourth-order valence-electron chi connectivity index (χ4n) is 3.77. The molecular weight excluding hydrogens is 392 g/mol. The highest BCUT2D eigenvalue weighted by atomic mass is 19.1. The van der Waals surface area contributed by atoms with Crippen molar-refractivity contribution in [1.82, 2.24) is 4.90 Å². The molecule has 0 radical (unpaired) electrons. The molecule has 0 N–H and O–H groups in total. The topological polar surface area (TPSA) is 59.8 Å². The van der Waals surface area contributed by atoms with Gasteiger partial charge in [0.15, 0.2) is 5.43 Å². The van der Waals surface area contributed by atoms with Crippen LogP contribution >= 0.6 is 0 Å². The van der Waals surface area contributed by atoms with Gasteiger partial charge in [-0.1, -0.05) is 12.1 Å². The van der Waals surface area contributed by atoms with Crippen LogP contribution in [0.25, 0.3) is 11.0 Å². The third kappa shape index (κ3) is 3.61. The van der Waals surface area contributed by atoms with E-state index in [2.05, 4.69) is 0 Å². The van der Waals surface area contributed by atoms with Crippen LogP contribution in [-0.2, 0) is 4.74 Å². The molecule has 2 aromatic carbocycles. The van der Waals surface area contributed by atoms with Gasteiger partial charge in [0.2, 0.25) is 5.76 Å². The molecule has 0 bridgehead atoms. The van der Waals surface area contributed by atoms with Crippen molar-refractivity contribution in [2.75, 3.05) is 13.2 Å². The SMILES string of the molecule is CC(C)OCCCN1C(=O)c2oc3ccc(F)cc3c(=O)c2[C@H]1c1ccc(F)cc1. The molecule has 0 fully saturated rings. The number of benzene rings is 2. The summed E-state index contributed by atoms with van der Waals surface area (Å²) in [6.07, 6.45) is 0.616. The van der Waals surface area contributed by atoms with Crippen LogP contribution in [0.3, 0.4) is 0 Å². The molecule has 1 aromatic heterocycles. The summed E-state index contributed by atoms with van der Waals surface area (Å²) in [5, 5.41) is 0.0682. The molecule has 1 aliphatic heterocycles. The van der Waals surface area contributed by atoms with Gasteiger partial charge in [0.05, 0.1) is 23.1 Å². The predicted octanol–water partition coefficient (Wildman–Crippen LogP) is 4.43. The van der Waals surface area contributed by atoms with Gasteiger partial charge in [-0.3, -0.25) is 9.59 Å². The molecule has 0 unspecified atom stereocenters. The first kappa shape index (κ1) is 20.2. The Morgan fingerprint density at radius 1 is 1.07 bits per heavy atom. The maximum Gasteiger partial charge on any atom is 0.290 e. The minimum Gasteiger partial charge on any atom is -0.450 e. The van der Waals surface area contributed by atoms with Crippen LogP contribution in [-0.4, -0.2) is 30.1 Å². The van der Waals surface area contributed by atoms with Crippen LogP contribution < -0.4 is 5.43 Å². The number of amides is 1. The lowest BCUT2D eigenvalue weighted by atomic mass is 9.98. The Labute approximate surface area is 171 Å². The van der Waals surface area contributed by atoms with Gasteiger partial charge in [0, 0.05) is 13.2 Å². The van der Waals surface area contributed by atoms with Gasteiger partial charge in [0.1, 0.15) is 17.2 Å². The fraction of sp³-hybridized carbons (Fsp3) is 0.304. The number of hydrogen-bond donors (Lipinski definition) is 0. The molecular formula is C23H21F2NO4. The van der Waals surface area contributed by atoms with Gasteiger partial charge in [0.25, 0.3) is 5.91 Å². The number of halogens is 2. The highest BCUT2D eigenvalue weighted by Crippen LogP contribution is 2.38. The molecule has 0 spiro atoms. The van der Waals surface area contributed by atoms with E-state index in [1.165, 1.54) is 41.3 Å².